The number of nitrogens with zero attached hydrogens (tertiary/aromatic N) is 1. The molecule has 1 aliphatic rings. The summed E-state index contributed by atoms with van der Waals surface area (Å²) in [5, 5.41) is 15.3. The number of anilines is 1. The lowest BCUT2D eigenvalue weighted by atomic mass is 10.1. The van der Waals surface area contributed by atoms with E-state index in [1.54, 1.807) is 18.2 Å². The topological polar surface area (TPSA) is 64.9 Å². The summed E-state index contributed by atoms with van der Waals surface area (Å²) in [4.78, 5) is 11.8. The van der Waals surface area contributed by atoms with Crippen LogP contribution < -0.4 is 10.6 Å². The zero-order valence-electron chi connectivity index (χ0n) is 9.87. The molecule has 2 N–H and O–H groups in total. The largest absolute Gasteiger partial charge is 0.326 e. The van der Waals surface area contributed by atoms with Crippen LogP contribution in [0.4, 0.5) is 5.69 Å². The Kier molecular flexibility index (Phi) is 4.19. The molecule has 1 atom stereocenters. The fourth-order valence-corrected chi connectivity index (χ4v) is 2.22. The van der Waals surface area contributed by atoms with Gasteiger partial charge < -0.3 is 10.6 Å². The molecule has 1 unspecified atom stereocenters. The average Bonchev–Trinajstić information content (AvgIpc) is 2.84. The molecular formula is C13H14ClN3O. The first kappa shape index (κ1) is 12.9. The first-order valence-corrected chi connectivity index (χ1v) is 6.29. The van der Waals surface area contributed by atoms with Crippen LogP contribution in [0.5, 0.6) is 0 Å². The van der Waals surface area contributed by atoms with Crippen molar-refractivity contribution in [1.29, 1.82) is 5.26 Å². The Morgan fingerprint density at radius 3 is 3.11 bits per heavy atom. The number of hydrogen-bond acceptors (Lipinski definition) is 3. The third-order valence-electron chi connectivity index (χ3n) is 2.96. The minimum absolute atomic E-state index is 0.0411. The summed E-state index contributed by atoms with van der Waals surface area (Å²) in [7, 11) is 0. The summed E-state index contributed by atoms with van der Waals surface area (Å²) in [6.07, 6.45) is 2.62. The van der Waals surface area contributed by atoms with E-state index >= 15 is 0 Å². The number of benzene rings is 1. The molecule has 0 aliphatic carbocycles. The first-order chi connectivity index (χ1) is 8.69. The van der Waals surface area contributed by atoms with Gasteiger partial charge in [0.25, 0.3) is 0 Å². The molecule has 0 spiro atoms. The molecular weight excluding hydrogens is 250 g/mol. The van der Waals surface area contributed by atoms with Gasteiger partial charge in [0.05, 0.1) is 10.6 Å². The van der Waals surface area contributed by atoms with Crippen molar-refractivity contribution in [3.8, 4) is 6.07 Å². The Labute approximate surface area is 111 Å². The zero-order valence-corrected chi connectivity index (χ0v) is 10.6. The van der Waals surface area contributed by atoms with Gasteiger partial charge in [0, 0.05) is 18.2 Å². The molecule has 1 aromatic carbocycles. The fraction of sp³-hybridized carbons (Fsp3) is 0.385. The Morgan fingerprint density at radius 1 is 1.61 bits per heavy atom. The number of hydrogen-bond donors (Lipinski definition) is 2. The normalized spacial score (nSPS) is 18.3. The van der Waals surface area contributed by atoms with Gasteiger partial charge in [0.1, 0.15) is 6.07 Å². The van der Waals surface area contributed by atoms with Gasteiger partial charge in [-0.15, -0.1) is 0 Å². The van der Waals surface area contributed by atoms with E-state index in [0.29, 0.717) is 22.7 Å². The van der Waals surface area contributed by atoms with E-state index in [-0.39, 0.29) is 11.9 Å². The van der Waals surface area contributed by atoms with Crippen molar-refractivity contribution in [3.05, 3.63) is 28.8 Å². The van der Waals surface area contributed by atoms with Crippen LogP contribution in [0, 0.1) is 11.3 Å². The second kappa shape index (κ2) is 5.85. The molecule has 1 saturated heterocycles. The van der Waals surface area contributed by atoms with Gasteiger partial charge in [0.2, 0.25) is 5.91 Å². The SMILES string of the molecule is N#Cc1cc(NC(=O)CC2CCCN2)ccc1Cl. The second-order valence-corrected chi connectivity index (χ2v) is 4.76. The van der Waals surface area contributed by atoms with Gasteiger partial charge in [-0.05, 0) is 37.6 Å². The standard InChI is InChI=1S/C13H14ClN3O/c14-12-4-3-11(6-9(12)8-15)17-13(18)7-10-2-1-5-16-10/h3-4,6,10,16H,1-2,5,7H2,(H,17,18). The molecule has 1 aromatic rings. The number of amides is 1. The highest BCUT2D eigenvalue weighted by molar-refractivity contribution is 6.31. The predicted octanol–water partition coefficient (Wildman–Crippen LogP) is 2.29. The monoisotopic (exact) mass is 263 g/mol. The molecule has 1 amide bonds. The highest BCUT2D eigenvalue weighted by atomic mass is 35.5. The molecule has 0 saturated carbocycles. The van der Waals surface area contributed by atoms with Crippen molar-refractivity contribution in [3.63, 3.8) is 0 Å². The third-order valence-corrected chi connectivity index (χ3v) is 3.29. The average molecular weight is 264 g/mol. The van der Waals surface area contributed by atoms with Gasteiger partial charge in [0.15, 0.2) is 0 Å². The summed E-state index contributed by atoms with van der Waals surface area (Å²) < 4.78 is 0. The number of rotatable bonds is 3. The lowest BCUT2D eigenvalue weighted by Crippen LogP contribution is -2.27. The van der Waals surface area contributed by atoms with E-state index in [1.807, 2.05) is 6.07 Å². The van der Waals surface area contributed by atoms with Gasteiger partial charge in [-0.2, -0.15) is 5.26 Å². The number of carbonyl (C=O) groups is 1. The molecule has 18 heavy (non-hydrogen) atoms. The summed E-state index contributed by atoms with van der Waals surface area (Å²) in [5.74, 6) is -0.0411. The van der Waals surface area contributed by atoms with Crippen molar-refractivity contribution < 1.29 is 4.79 Å². The maximum atomic E-state index is 11.8. The molecule has 0 bridgehead atoms. The molecule has 1 aliphatic heterocycles. The van der Waals surface area contributed by atoms with E-state index in [2.05, 4.69) is 10.6 Å². The van der Waals surface area contributed by atoms with Crippen molar-refractivity contribution in [2.75, 3.05) is 11.9 Å². The minimum Gasteiger partial charge on any atom is -0.326 e. The summed E-state index contributed by atoms with van der Waals surface area (Å²) >= 11 is 5.83. The second-order valence-electron chi connectivity index (χ2n) is 4.35. The molecule has 2 rings (SSSR count). The maximum Gasteiger partial charge on any atom is 0.225 e. The van der Waals surface area contributed by atoms with E-state index < -0.39 is 0 Å². The number of carbonyl (C=O) groups excluding carboxylic acids is 1. The van der Waals surface area contributed by atoms with E-state index in [4.69, 9.17) is 16.9 Å². The minimum atomic E-state index is -0.0411. The van der Waals surface area contributed by atoms with Crippen molar-refractivity contribution in [1.82, 2.24) is 5.32 Å². The smallest absolute Gasteiger partial charge is 0.225 e. The van der Waals surface area contributed by atoms with Crippen molar-refractivity contribution in [2.24, 2.45) is 0 Å². The van der Waals surface area contributed by atoms with Crippen LogP contribution in [0.3, 0.4) is 0 Å². The zero-order chi connectivity index (χ0) is 13.0. The maximum absolute atomic E-state index is 11.8. The molecule has 1 heterocycles. The van der Waals surface area contributed by atoms with Crippen molar-refractivity contribution in [2.45, 2.75) is 25.3 Å². The van der Waals surface area contributed by atoms with Gasteiger partial charge in [-0.3, -0.25) is 4.79 Å². The van der Waals surface area contributed by atoms with Crippen molar-refractivity contribution >= 4 is 23.2 Å². The summed E-state index contributed by atoms with van der Waals surface area (Å²) in [5.41, 5.74) is 0.979. The van der Waals surface area contributed by atoms with Crippen LogP contribution in [0.15, 0.2) is 18.2 Å². The highest BCUT2D eigenvalue weighted by Crippen LogP contribution is 2.20. The molecule has 94 valence electrons. The van der Waals surface area contributed by atoms with Gasteiger partial charge >= 0.3 is 0 Å². The predicted molar refractivity (Wildman–Crippen MR) is 70.4 cm³/mol. The van der Waals surface area contributed by atoms with Gasteiger partial charge in [-0.1, -0.05) is 11.6 Å². The van der Waals surface area contributed by atoms with E-state index in [9.17, 15) is 4.79 Å². The molecule has 0 aromatic heterocycles. The van der Waals surface area contributed by atoms with E-state index in [1.165, 1.54) is 0 Å². The van der Waals surface area contributed by atoms with Crippen LogP contribution in [0.25, 0.3) is 0 Å². The number of nitrogens with one attached hydrogen (secondary N) is 2. The third kappa shape index (κ3) is 3.22. The van der Waals surface area contributed by atoms with Crippen LogP contribution in [-0.2, 0) is 4.79 Å². The number of nitriles is 1. The lowest BCUT2D eigenvalue weighted by Gasteiger charge is -2.10. The molecule has 4 nitrogen and oxygen atoms in total. The Bertz CT molecular complexity index is 489. The Hall–Kier alpha value is -1.57. The van der Waals surface area contributed by atoms with Crippen LogP contribution in [-0.4, -0.2) is 18.5 Å². The van der Waals surface area contributed by atoms with Crippen LogP contribution in [0.1, 0.15) is 24.8 Å². The van der Waals surface area contributed by atoms with Crippen LogP contribution >= 0.6 is 11.6 Å². The molecule has 5 heteroatoms. The Morgan fingerprint density at radius 2 is 2.44 bits per heavy atom. The number of halogens is 1. The van der Waals surface area contributed by atoms with Gasteiger partial charge in [-0.25, -0.2) is 0 Å². The summed E-state index contributed by atoms with van der Waals surface area (Å²) in [6.45, 7) is 0.984. The van der Waals surface area contributed by atoms with Crippen LogP contribution in [0.2, 0.25) is 5.02 Å². The molecule has 0 radical (unpaired) electrons. The lowest BCUT2D eigenvalue weighted by molar-refractivity contribution is -0.116. The summed E-state index contributed by atoms with van der Waals surface area (Å²) in [6, 6.07) is 7.16. The highest BCUT2D eigenvalue weighted by Gasteiger charge is 2.17. The quantitative estimate of drug-likeness (QED) is 0.879. The fourth-order valence-electron chi connectivity index (χ4n) is 2.06. The van der Waals surface area contributed by atoms with E-state index in [0.717, 1.165) is 19.4 Å². The first-order valence-electron chi connectivity index (χ1n) is 5.92. The molecule has 1 fully saturated rings. The Balaban J connectivity index is 1.96.